The summed E-state index contributed by atoms with van der Waals surface area (Å²) in [4.78, 5) is 4.37. The van der Waals surface area contributed by atoms with Gasteiger partial charge in [0.2, 0.25) is 5.82 Å². The van der Waals surface area contributed by atoms with Gasteiger partial charge in [-0.05, 0) is 24.1 Å². The summed E-state index contributed by atoms with van der Waals surface area (Å²) in [6.45, 7) is 2.11. The van der Waals surface area contributed by atoms with E-state index in [9.17, 15) is 0 Å². The molecule has 0 bridgehead atoms. The van der Waals surface area contributed by atoms with Gasteiger partial charge < -0.3 is 10.3 Å². The molecule has 0 radical (unpaired) electrons. The van der Waals surface area contributed by atoms with Gasteiger partial charge in [0.25, 0.3) is 5.89 Å². The zero-order valence-electron chi connectivity index (χ0n) is 13.6. The molecular weight excluding hydrogens is 316 g/mol. The van der Waals surface area contributed by atoms with Crippen molar-refractivity contribution >= 4 is 5.82 Å². The molecule has 25 heavy (non-hydrogen) atoms. The first-order valence-corrected chi connectivity index (χ1v) is 7.96. The minimum Gasteiger partial charge on any atom is -0.382 e. The number of nitrogens with two attached hydrogens (primary N) is 1. The van der Waals surface area contributed by atoms with E-state index >= 15 is 0 Å². The second kappa shape index (κ2) is 6.20. The fraction of sp³-hybridized carbons (Fsp3) is 0.111. The summed E-state index contributed by atoms with van der Waals surface area (Å²) < 4.78 is 6.87. The van der Waals surface area contributed by atoms with Gasteiger partial charge in [0.05, 0.1) is 5.69 Å². The first kappa shape index (κ1) is 15.1. The fourth-order valence-corrected chi connectivity index (χ4v) is 2.53. The molecule has 0 aliphatic rings. The highest BCUT2D eigenvalue weighted by Gasteiger charge is 2.19. The van der Waals surface area contributed by atoms with Crippen molar-refractivity contribution in [2.24, 2.45) is 0 Å². The second-order valence-electron chi connectivity index (χ2n) is 5.54. The van der Waals surface area contributed by atoms with Crippen LogP contribution < -0.4 is 5.73 Å². The van der Waals surface area contributed by atoms with Crippen LogP contribution in [0.2, 0.25) is 0 Å². The number of hydrogen-bond donors (Lipinski definition) is 1. The van der Waals surface area contributed by atoms with Crippen LogP contribution in [0.15, 0.2) is 59.1 Å². The van der Waals surface area contributed by atoms with Crippen molar-refractivity contribution in [1.82, 2.24) is 25.1 Å². The van der Waals surface area contributed by atoms with Crippen molar-refractivity contribution in [1.29, 1.82) is 0 Å². The first-order valence-electron chi connectivity index (χ1n) is 7.96. The van der Waals surface area contributed by atoms with Gasteiger partial charge in [0.15, 0.2) is 11.5 Å². The largest absolute Gasteiger partial charge is 0.382 e. The van der Waals surface area contributed by atoms with E-state index in [0.29, 0.717) is 17.3 Å². The molecule has 0 aliphatic carbocycles. The van der Waals surface area contributed by atoms with Crippen LogP contribution in [0.3, 0.4) is 0 Å². The average molecular weight is 332 g/mol. The zero-order valence-corrected chi connectivity index (χ0v) is 13.6. The Bertz CT molecular complexity index is 988. The third-order valence-electron chi connectivity index (χ3n) is 3.95. The van der Waals surface area contributed by atoms with Gasteiger partial charge in [-0.1, -0.05) is 59.8 Å². The second-order valence-corrected chi connectivity index (χ2v) is 5.54. The van der Waals surface area contributed by atoms with Crippen LogP contribution in [0.4, 0.5) is 5.82 Å². The maximum absolute atomic E-state index is 6.20. The van der Waals surface area contributed by atoms with Crippen LogP contribution in [0.5, 0.6) is 0 Å². The predicted molar refractivity (Wildman–Crippen MR) is 93.9 cm³/mol. The van der Waals surface area contributed by atoms with Gasteiger partial charge in [-0.3, -0.25) is 0 Å². The molecule has 0 spiro atoms. The van der Waals surface area contributed by atoms with E-state index in [1.807, 2.05) is 54.6 Å². The van der Waals surface area contributed by atoms with E-state index in [0.717, 1.165) is 17.7 Å². The molecule has 4 aromatic rings. The van der Waals surface area contributed by atoms with E-state index < -0.39 is 0 Å². The molecular formula is C18H16N6O. The molecule has 124 valence electrons. The lowest BCUT2D eigenvalue weighted by Gasteiger charge is -2.03. The Balaban J connectivity index is 1.68. The highest BCUT2D eigenvalue weighted by atomic mass is 16.5. The Morgan fingerprint density at radius 1 is 1.04 bits per heavy atom. The van der Waals surface area contributed by atoms with Crippen LogP contribution in [0, 0.1) is 0 Å². The summed E-state index contributed by atoms with van der Waals surface area (Å²) in [6.07, 6.45) is 0.975. The number of aryl methyl sites for hydroxylation is 1. The smallest absolute Gasteiger partial charge is 0.282 e. The number of nitrogen functional groups attached to an aromatic ring is 1. The van der Waals surface area contributed by atoms with Crippen LogP contribution >= 0.6 is 0 Å². The number of anilines is 1. The monoisotopic (exact) mass is 332 g/mol. The number of benzene rings is 2. The predicted octanol–water partition coefficient (Wildman–Crippen LogP) is 3.13. The van der Waals surface area contributed by atoms with E-state index in [1.165, 1.54) is 5.56 Å². The molecule has 0 aliphatic heterocycles. The molecule has 7 nitrogen and oxygen atoms in total. The Hall–Kier alpha value is -3.48. The quantitative estimate of drug-likeness (QED) is 0.617. The summed E-state index contributed by atoms with van der Waals surface area (Å²) >= 11 is 0. The molecule has 0 atom stereocenters. The molecule has 0 saturated heterocycles. The fourth-order valence-electron chi connectivity index (χ4n) is 2.53. The number of aromatic nitrogens is 5. The Morgan fingerprint density at radius 2 is 1.80 bits per heavy atom. The van der Waals surface area contributed by atoms with E-state index in [-0.39, 0.29) is 5.89 Å². The van der Waals surface area contributed by atoms with Crippen LogP contribution in [0.1, 0.15) is 12.5 Å². The average Bonchev–Trinajstić information content (AvgIpc) is 3.29. The summed E-state index contributed by atoms with van der Waals surface area (Å²) in [5, 5.41) is 12.2. The maximum Gasteiger partial charge on any atom is 0.282 e. The van der Waals surface area contributed by atoms with E-state index in [1.54, 1.807) is 4.68 Å². The third kappa shape index (κ3) is 2.76. The SMILES string of the molecule is CCc1ccc(-n2nnc(-c3nc(-c4ccccc4)no3)c2N)cc1. The van der Waals surface area contributed by atoms with Gasteiger partial charge in [-0.2, -0.15) is 9.67 Å². The first-order chi connectivity index (χ1) is 12.3. The van der Waals surface area contributed by atoms with E-state index in [2.05, 4.69) is 27.4 Å². The molecule has 2 aromatic heterocycles. The van der Waals surface area contributed by atoms with Crippen molar-refractivity contribution in [3.05, 3.63) is 60.2 Å². The Labute approximate surface area is 144 Å². The molecule has 2 aromatic carbocycles. The molecule has 7 heteroatoms. The molecule has 0 fully saturated rings. The normalized spacial score (nSPS) is 10.9. The molecule has 0 amide bonds. The van der Waals surface area contributed by atoms with Crippen LogP contribution in [0.25, 0.3) is 28.7 Å². The number of hydrogen-bond acceptors (Lipinski definition) is 6. The molecule has 0 unspecified atom stereocenters. The van der Waals surface area contributed by atoms with Crippen molar-refractivity contribution in [2.45, 2.75) is 13.3 Å². The van der Waals surface area contributed by atoms with Gasteiger partial charge in [0, 0.05) is 5.56 Å². The van der Waals surface area contributed by atoms with Gasteiger partial charge in [-0.25, -0.2) is 0 Å². The topological polar surface area (TPSA) is 95.6 Å². The lowest BCUT2D eigenvalue weighted by molar-refractivity contribution is 0.431. The van der Waals surface area contributed by atoms with Crippen LogP contribution in [-0.2, 0) is 6.42 Å². The van der Waals surface area contributed by atoms with Gasteiger partial charge >= 0.3 is 0 Å². The van der Waals surface area contributed by atoms with Crippen molar-refractivity contribution in [3.8, 4) is 28.7 Å². The lowest BCUT2D eigenvalue weighted by Crippen LogP contribution is -2.02. The Kier molecular flexibility index (Phi) is 3.74. The summed E-state index contributed by atoms with van der Waals surface area (Å²) in [5.41, 5.74) is 9.50. The standard InChI is InChI=1S/C18H16N6O/c1-2-12-8-10-14(11-9-12)24-16(19)15(21-23-24)18-20-17(22-25-18)13-6-4-3-5-7-13/h3-11H,2,19H2,1H3. The Morgan fingerprint density at radius 3 is 2.52 bits per heavy atom. The highest BCUT2D eigenvalue weighted by Crippen LogP contribution is 2.26. The third-order valence-corrected chi connectivity index (χ3v) is 3.95. The lowest BCUT2D eigenvalue weighted by atomic mass is 10.1. The maximum atomic E-state index is 6.20. The highest BCUT2D eigenvalue weighted by molar-refractivity contribution is 5.66. The van der Waals surface area contributed by atoms with Crippen LogP contribution in [-0.4, -0.2) is 25.1 Å². The number of nitrogens with zero attached hydrogens (tertiary/aromatic N) is 5. The summed E-state index contributed by atoms with van der Waals surface area (Å²) in [6, 6.07) is 17.6. The molecule has 4 rings (SSSR count). The summed E-state index contributed by atoms with van der Waals surface area (Å²) in [5.74, 6) is 1.08. The van der Waals surface area contributed by atoms with Gasteiger partial charge in [-0.15, -0.1) is 5.10 Å². The van der Waals surface area contributed by atoms with Gasteiger partial charge in [0.1, 0.15) is 0 Å². The minimum atomic E-state index is 0.243. The summed E-state index contributed by atoms with van der Waals surface area (Å²) in [7, 11) is 0. The molecule has 2 heterocycles. The van der Waals surface area contributed by atoms with Crippen molar-refractivity contribution in [3.63, 3.8) is 0 Å². The molecule has 2 N–H and O–H groups in total. The van der Waals surface area contributed by atoms with Crippen molar-refractivity contribution < 1.29 is 4.52 Å². The number of rotatable bonds is 4. The molecule has 0 saturated carbocycles. The zero-order chi connectivity index (χ0) is 17.2. The minimum absolute atomic E-state index is 0.243. The van der Waals surface area contributed by atoms with E-state index in [4.69, 9.17) is 10.3 Å². The van der Waals surface area contributed by atoms with Crippen molar-refractivity contribution in [2.75, 3.05) is 5.73 Å².